The Bertz CT molecular complexity index is 1280. The lowest BCUT2D eigenvalue weighted by Gasteiger charge is -2.37. The van der Waals surface area contributed by atoms with Crippen LogP contribution in [0, 0.1) is 7.14 Å². The summed E-state index contributed by atoms with van der Waals surface area (Å²) in [4.78, 5) is 16.9. The van der Waals surface area contributed by atoms with E-state index in [1.807, 2.05) is 45.2 Å². The predicted molar refractivity (Wildman–Crippen MR) is 128 cm³/mol. The second-order valence-corrected chi connectivity index (χ2v) is 9.00. The fourth-order valence-corrected chi connectivity index (χ4v) is 5.14. The molecule has 2 aliphatic heterocycles. The summed E-state index contributed by atoms with van der Waals surface area (Å²) < 4.78 is 13.1. The maximum absolute atomic E-state index is 13.0. The maximum Gasteiger partial charge on any atom is 0.340 e. The molecule has 9 heteroatoms. The molecule has 0 unspecified atom stereocenters. The van der Waals surface area contributed by atoms with Crippen LogP contribution in [0.25, 0.3) is 0 Å². The van der Waals surface area contributed by atoms with Crippen molar-refractivity contribution in [1.82, 2.24) is 0 Å². The summed E-state index contributed by atoms with van der Waals surface area (Å²) in [6.07, 6.45) is 0. The second kappa shape index (κ2) is 6.91. The molecule has 148 valence electrons. The monoisotopic (exact) mass is 641 g/mol. The van der Waals surface area contributed by atoms with Crippen molar-refractivity contribution >= 4 is 74.2 Å². The highest BCUT2D eigenvalue weighted by molar-refractivity contribution is 14.1. The van der Waals surface area contributed by atoms with Gasteiger partial charge in [0, 0.05) is 16.7 Å². The normalized spacial score (nSPS) is 14.8. The van der Waals surface area contributed by atoms with Crippen LogP contribution < -0.4 is 4.74 Å². The van der Waals surface area contributed by atoms with Gasteiger partial charge in [-0.15, -0.1) is 0 Å². The number of ether oxygens (including phenoxy) is 2. The molecule has 30 heavy (non-hydrogen) atoms. The number of hydrogen-bond acceptors (Lipinski definition) is 7. The fraction of sp³-hybridized carbons (Fsp3) is 0.0476. The van der Waals surface area contributed by atoms with Gasteiger partial charge in [-0.1, -0.05) is 6.07 Å². The standard InChI is InChI=1S/C21H9I2NO5S/c22-16-14(25)5-3-12-18(16)28-19-13(4-6-15(26)17(19)23)21(12)11-2-1-9(24-8-30)7-10(11)20(27)29-21/h1-7,25-26H. The van der Waals surface area contributed by atoms with Gasteiger partial charge in [-0.3, -0.25) is 0 Å². The van der Waals surface area contributed by atoms with Crippen molar-refractivity contribution in [2.45, 2.75) is 5.60 Å². The molecule has 5 rings (SSSR count). The number of halogens is 2. The minimum atomic E-state index is -1.30. The minimum absolute atomic E-state index is 0.0401. The average molecular weight is 641 g/mol. The van der Waals surface area contributed by atoms with E-state index in [9.17, 15) is 15.0 Å². The molecule has 3 aromatic carbocycles. The molecule has 1 spiro atoms. The molecule has 2 heterocycles. The van der Waals surface area contributed by atoms with Crippen LogP contribution in [0.5, 0.6) is 23.0 Å². The van der Waals surface area contributed by atoms with E-state index in [4.69, 9.17) is 9.47 Å². The third kappa shape index (κ3) is 2.55. The largest absolute Gasteiger partial charge is 0.507 e. The first-order valence-corrected chi connectivity index (χ1v) is 11.1. The highest BCUT2D eigenvalue weighted by Crippen LogP contribution is 2.59. The summed E-state index contributed by atoms with van der Waals surface area (Å²) in [6, 6.07) is 11.5. The summed E-state index contributed by atoms with van der Waals surface area (Å²) in [6.45, 7) is 0. The molecular weight excluding hydrogens is 632 g/mol. The lowest BCUT2D eigenvalue weighted by molar-refractivity contribution is 0.0223. The molecule has 3 aromatic rings. The Balaban J connectivity index is 1.91. The SMILES string of the molecule is O=C1OC2(c3ccc(N=C=S)cc31)c1ccc(O)c(I)c1Oc1c2ccc(O)c1I. The highest BCUT2D eigenvalue weighted by Gasteiger charge is 2.54. The number of phenolic OH excluding ortho intramolecular Hbond substituents is 2. The van der Waals surface area contributed by atoms with Gasteiger partial charge in [0.25, 0.3) is 0 Å². The van der Waals surface area contributed by atoms with Crippen LogP contribution in [-0.4, -0.2) is 21.3 Å². The van der Waals surface area contributed by atoms with Gasteiger partial charge in [-0.05, 0) is 93.8 Å². The number of esters is 1. The topological polar surface area (TPSA) is 88.4 Å². The van der Waals surface area contributed by atoms with Crippen LogP contribution in [0.4, 0.5) is 5.69 Å². The first kappa shape index (κ1) is 19.7. The van der Waals surface area contributed by atoms with Gasteiger partial charge in [-0.2, -0.15) is 4.99 Å². The van der Waals surface area contributed by atoms with E-state index in [0.29, 0.717) is 46.6 Å². The van der Waals surface area contributed by atoms with Gasteiger partial charge in [0.1, 0.15) is 11.5 Å². The zero-order chi connectivity index (χ0) is 21.2. The van der Waals surface area contributed by atoms with Gasteiger partial charge >= 0.3 is 5.97 Å². The van der Waals surface area contributed by atoms with Crippen LogP contribution in [0.3, 0.4) is 0 Å². The Labute approximate surface area is 202 Å². The van der Waals surface area contributed by atoms with Crippen molar-refractivity contribution < 1.29 is 24.5 Å². The van der Waals surface area contributed by atoms with Crippen molar-refractivity contribution in [3.8, 4) is 23.0 Å². The van der Waals surface area contributed by atoms with Crippen molar-refractivity contribution in [3.63, 3.8) is 0 Å². The van der Waals surface area contributed by atoms with Crippen molar-refractivity contribution in [2.75, 3.05) is 0 Å². The molecule has 2 aliphatic rings. The van der Waals surface area contributed by atoms with E-state index in [1.54, 1.807) is 42.5 Å². The van der Waals surface area contributed by atoms with Gasteiger partial charge in [0.15, 0.2) is 17.1 Å². The molecule has 0 aliphatic carbocycles. The summed E-state index contributed by atoms with van der Waals surface area (Å²) in [7, 11) is 0. The predicted octanol–water partition coefficient (Wildman–Crippen LogP) is 5.61. The number of carbonyl (C=O) groups excluding carboxylic acids is 1. The number of thiocarbonyl (C=S) groups is 1. The molecule has 0 amide bonds. The van der Waals surface area contributed by atoms with Crippen molar-refractivity contribution in [3.05, 3.63) is 71.9 Å². The number of aliphatic imine (C=N–C) groups is 1. The van der Waals surface area contributed by atoms with Crippen LogP contribution in [0.15, 0.2) is 47.5 Å². The van der Waals surface area contributed by atoms with Gasteiger partial charge < -0.3 is 19.7 Å². The fourth-order valence-electron chi connectivity index (χ4n) is 3.87. The molecule has 0 radical (unpaired) electrons. The first-order valence-electron chi connectivity index (χ1n) is 8.56. The molecule has 6 nitrogen and oxygen atoms in total. The zero-order valence-electron chi connectivity index (χ0n) is 14.8. The van der Waals surface area contributed by atoms with Gasteiger partial charge in [-0.25, -0.2) is 4.79 Å². The van der Waals surface area contributed by atoms with E-state index >= 15 is 0 Å². The van der Waals surface area contributed by atoms with E-state index in [0.717, 1.165) is 0 Å². The van der Waals surface area contributed by atoms with Gasteiger partial charge in [0.2, 0.25) is 0 Å². The van der Waals surface area contributed by atoms with E-state index in [-0.39, 0.29) is 11.5 Å². The Hall–Kier alpha value is -2.21. The quantitative estimate of drug-likeness (QED) is 0.156. The Kier molecular flexibility index (Phi) is 4.54. The van der Waals surface area contributed by atoms with Crippen LogP contribution in [0.1, 0.15) is 27.0 Å². The first-order chi connectivity index (χ1) is 14.4. The number of aromatic hydroxyl groups is 2. The number of fused-ring (bicyclic) bond motifs is 6. The van der Waals surface area contributed by atoms with E-state index in [1.165, 1.54) is 0 Å². The third-order valence-corrected chi connectivity index (χ3v) is 7.32. The minimum Gasteiger partial charge on any atom is -0.507 e. The smallest absolute Gasteiger partial charge is 0.340 e. The number of rotatable bonds is 1. The Morgan fingerprint density at radius 3 is 2.07 bits per heavy atom. The molecule has 2 N–H and O–H groups in total. The number of isothiocyanates is 1. The molecule has 0 aromatic heterocycles. The Morgan fingerprint density at radius 2 is 1.50 bits per heavy atom. The number of hydrogen-bond donors (Lipinski definition) is 2. The second-order valence-electron chi connectivity index (χ2n) is 6.66. The lowest BCUT2D eigenvalue weighted by Crippen LogP contribution is -2.33. The summed E-state index contributed by atoms with van der Waals surface area (Å²) in [5, 5.41) is 22.8. The summed E-state index contributed by atoms with van der Waals surface area (Å²) in [5.74, 6) is 0.301. The highest BCUT2D eigenvalue weighted by atomic mass is 127. The molecule has 0 saturated heterocycles. The number of phenols is 2. The Morgan fingerprint density at radius 1 is 0.933 bits per heavy atom. The molecular formula is C21H9I2NO5S. The third-order valence-electron chi connectivity index (χ3n) is 5.14. The van der Waals surface area contributed by atoms with E-state index in [2.05, 4.69) is 22.4 Å². The van der Waals surface area contributed by atoms with Gasteiger partial charge in [0.05, 0.1) is 23.6 Å². The van der Waals surface area contributed by atoms with Crippen LogP contribution in [0.2, 0.25) is 0 Å². The average Bonchev–Trinajstić information content (AvgIpc) is 3.01. The van der Waals surface area contributed by atoms with Crippen molar-refractivity contribution in [1.29, 1.82) is 0 Å². The van der Waals surface area contributed by atoms with Crippen LogP contribution >= 0.6 is 57.4 Å². The number of carbonyl (C=O) groups is 1. The van der Waals surface area contributed by atoms with E-state index < -0.39 is 11.6 Å². The molecule has 0 fully saturated rings. The molecule has 0 saturated carbocycles. The maximum atomic E-state index is 13.0. The summed E-state index contributed by atoms with van der Waals surface area (Å²) >= 11 is 8.63. The zero-order valence-corrected chi connectivity index (χ0v) is 19.9. The molecule has 0 atom stereocenters. The number of nitrogens with zero attached hydrogens (tertiary/aromatic N) is 1. The summed E-state index contributed by atoms with van der Waals surface area (Å²) in [5.41, 5.74) is 1.33. The lowest BCUT2D eigenvalue weighted by atomic mass is 9.77. The van der Waals surface area contributed by atoms with Crippen molar-refractivity contribution in [2.24, 2.45) is 4.99 Å². The number of benzene rings is 3. The van der Waals surface area contributed by atoms with Crippen LogP contribution in [-0.2, 0) is 10.3 Å². The molecule has 0 bridgehead atoms.